The topological polar surface area (TPSA) is 118 Å². The first-order valence-corrected chi connectivity index (χ1v) is 11.3. The van der Waals surface area contributed by atoms with Crippen LogP contribution < -0.4 is 11.2 Å². The summed E-state index contributed by atoms with van der Waals surface area (Å²) < 4.78 is 7.19. The Bertz CT molecular complexity index is 1610. The lowest BCUT2D eigenvalue weighted by Crippen LogP contribution is -2.33. The van der Waals surface area contributed by atoms with E-state index in [-0.39, 0.29) is 12.1 Å². The summed E-state index contributed by atoms with van der Waals surface area (Å²) in [7, 11) is 0. The van der Waals surface area contributed by atoms with E-state index < -0.39 is 23.1 Å². The number of aromatic carboxylic acids is 1. The highest BCUT2D eigenvalue weighted by Crippen LogP contribution is 2.38. The molecule has 35 heavy (non-hydrogen) atoms. The van der Waals surface area contributed by atoms with Gasteiger partial charge in [0.05, 0.1) is 23.7 Å². The summed E-state index contributed by atoms with van der Waals surface area (Å²) in [6.07, 6.45) is 6.22. The number of aromatic nitrogens is 3. The second kappa shape index (κ2) is 8.72. The van der Waals surface area contributed by atoms with Crippen LogP contribution in [0.15, 0.2) is 62.7 Å². The molecule has 4 aromatic rings. The molecule has 1 aliphatic carbocycles. The largest absolute Gasteiger partial charge is 0.478 e. The highest BCUT2D eigenvalue weighted by molar-refractivity contribution is 5.87. The van der Waals surface area contributed by atoms with Crippen LogP contribution in [0.1, 0.15) is 68.4 Å². The standard InChI is InChI=1S/C27H23N3O5/c1-3-16-7-9-20-18(11-16)8-10-22-24(28-15(2)35-22)23(20)21-14-30(27(34)29-25(21)31)13-17-5-4-6-19(12-17)26(32)33/h4-12,14,23H,3,13H2,1-2H3,(H,32,33)(H,29,31,34). The van der Waals surface area contributed by atoms with Crippen LogP contribution in [-0.2, 0) is 13.0 Å². The Labute approximate surface area is 200 Å². The smallest absolute Gasteiger partial charge is 0.335 e. The number of carbonyl (C=O) groups is 1. The van der Waals surface area contributed by atoms with Crippen LogP contribution in [0.25, 0.3) is 12.2 Å². The van der Waals surface area contributed by atoms with Crippen LogP contribution in [0.3, 0.4) is 0 Å². The summed E-state index contributed by atoms with van der Waals surface area (Å²) >= 11 is 0. The van der Waals surface area contributed by atoms with Crippen molar-refractivity contribution in [1.29, 1.82) is 0 Å². The van der Waals surface area contributed by atoms with Crippen molar-refractivity contribution < 1.29 is 14.3 Å². The number of hydrogen-bond donors (Lipinski definition) is 2. The van der Waals surface area contributed by atoms with Gasteiger partial charge in [0.15, 0.2) is 11.7 Å². The first-order valence-electron chi connectivity index (χ1n) is 11.3. The predicted octanol–water partition coefficient (Wildman–Crippen LogP) is 3.81. The van der Waals surface area contributed by atoms with E-state index in [1.54, 1.807) is 19.1 Å². The molecule has 2 heterocycles. The van der Waals surface area contributed by atoms with Gasteiger partial charge in [0, 0.05) is 18.7 Å². The zero-order valence-electron chi connectivity index (χ0n) is 19.2. The van der Waals surface area contributed by atoms with Crippen molar-refractivity contribution in [3.63, 3.8) is 0 Å². The third kappa shape index (κ3) is 4.14. The van der Waals surface area contributed by atoms with Gasteiger partial charge in [-0.2, -0.15) is 0 Å². The van der Waals surface area contributed by atoms with Crippen LogP contribution in [0.4, 0.5) is 0 Å². The maximum atomic E-state index is 13.1. The lowest BCUT2D eigenvalue weighted by molar-refractivity contribution is 0.0696. The van der Waals surface area contributed by atoms with Gasteiger partial charge >= 0.3 is 11.7 Å². The molecular weight excluding hydrogens is 446 g/mol. The van der Waals surface area contributed by atoms with Crippen LogP contribution in [0.2, 0.25) is 0 Å². The van der Waals surface area contributed by atoms with Crippen molar-refractivity contribution >= 4 is 18.1 Å². The predicted molar refractivity (Wildman–Crippen MR) is 131 cm³/mol. The summed E-state index contributed by atoms with van der Waals surface area (Å²) in [5, 5.41) is 9.29. The minimum Gasteiger partial charge on any atom is -0.478 e. The van der Waals surface area contributed by atoms with Crippen LogP contribution >= 0.6 is 0 Å². The van der Waals surface area contributed by atoms with Crippen molar-refractivity contribution in [1.82, 2.24) is 14.5 Å². The Kier molecular flexibility index (Phi) is 5.56. The van der Waals surface area contributed by atoms with E-state index in [0.29, 0.717) is 28.5 Å². The minimum atomic E-state index is -1.05. The third-order valence-corrected chi connectivity index (χ3v) is 6.22. The first-order chi connectivity index (χ1) is 16.8. The summed E-state index contributed by atoms with van der Waals surface area (Å²) in [6, 6.07) is 12.5. The Morgan fingerprint density at radius 1 is 1.11 bits per heavy atom. The maximum absolute atomic E-state index is 13.1. The molecule has 0 bridgehead atoms. The number of fused-ring (bicyclic) bond motifs is 2. The molecule has 2 aromatic carbocycles. The van der Waals surface area contributed by atoms with E-state index in [1.807, 2.05) is 24.3 Å². The molecule has 0 aliphatic heterocycles. The van der Waals surface area contributed by atoms with E-state index in [9.17, 15) is 19.5 Å². The molecule has 8 heteroatoms. The van der Waals surface area contributed by atoms with Gasteiger partial charge in [-0.05, 0) is 46.9 Å². The second-order valence-electron chi connectivity index (χ2n) is 8.54. The van der Waals surface area contributed by atoms with Gasteiger partial charge in [-0.1, -0.05) is 43.3 Å². The van der Waals surface area contributed by atoms with Crippen molar-refractivity contribution in [2.75, 3.05) is 0 Å². The number of nitrogens with zero attached hydrogens (tertiary/aromatic N) is 2. The molecule has 0 amide bonds. The lowest BCUT2D eigenvalue weighted by atomic mass is 9.86. The molecule has 2 aromatic heterocycles. The fraction of sp³-hybridized carbons (Fsp3) is 0.185. The zero-order chi connectivity index (χ0) is 24.7. The number of aromatic amines is 1. The number of aryl methyl sites for hydroxylation is 2. The molecule has 0 saturated heterocycles. The van der Waals surface area contributed by atoms with Gasteiger partial charge < -0.3 is 9.52 Å². The quantitative estimate of drug-likeness (QED) is 0.404. The first kappa shape index (κ1) is 22.3. The van der Waals surface area contributed by atoms with Crippen molar-refractivity contribution in [3.8, 4) is 0 Å². The molecule has 0 saturated carbocycles. The van der Waals surface area contributed by atoms with E-state index in [0.717, 1.165) is 23.1 Å². The lowest BCUT2D eigenvalue weighted by Gasteiger charge is -2.19. The normalized spacial score (nSPS) is 14.3. The summed E-state index contributed by atoms with van der Waals surface area (Å²) in [4.78, 5) is 44.2. The van der Waals surface area contributed by atoms with Gasteiger partial charge in [-0.3, -0.25) is 14.3 Å². The van der Waals surface area contributed by atoms with Gasteiger partial charge in [0.25, 0.3) is 5.56 Å². The molecule has 5 rings (SSSR count). The number of carboxylic acids is 1. The molecule has 8 nitrogen and oxygen atoms in total. The van der Waals surface area contributed by atoms with Crippen molar-refractivity contribution in [2.45, 2.75) is 32.7 Å². The van der Waals surface area contributed by atoms with Crippen LogP contribution in [0.5, 0.6) is 0 Å². The fourth-order valence-electron chi connectivity index (χ4n) is 4.51. The average molecular weight is 469 g/mol. The van der Waals surface area contributed by atoms with Crippen molar-refractivity contribution in [3.05, 3.63) is 120 Å². The summed E-state index contributed by atoms with van der Waals surface area (Å²) in [5.41, 5.74) is 3.61. The minimum absolute atomic E-state index is 0.0982. The van der Waals surface area contributed by atoms with E-state index in [2.05, 4.69) is 23.0 Å². The highest BCUT2D eigenvalue weighted by Gasteiger charge is 2.30. The molecule has 1 unspecified atom stereocenters. The summed E-state index contributed by atoms with van der Waals surface area (Å²) in [5.74, 6) is -0.565. The maximum Gasteiger partial charge on any atom is 0.335 e. The van der Waals surface area contributed by atoms with E-state index in [4.69, 9.17) is 4.42 Å². The van der Waals surface area contributed by atoms with E-state index in [1.165, 1.54) is 22.9 Å². The fourth-order valence-corrected chi connectivity index (χ4v) is 4.51. The molecular formula is C27H23N3O5. The summed E-state index contributed by atoms with van der Waals surface area (Å²) in [6.45, 7) is 3.93. The third-order valence-electron chi connectivity index (χ3n) is 6.22. The number of benzene rings is 2. The number of carboxylic acid groups (broad SMARTS) is 1. The van der Waals surface area contributed by atoms with Gasteiger partial charge in [-0.25, -0.2) is 14.6 Å². The van der Waals surface area contributed by atoms with Crippen molar-refractivity contribution in [2.24, 2.45) is 0 Å². The molecule has 0 fully saturated rings. The molecule has 0 radical (unpaired) electrons. The SMILES string of the molecule is CCc1ccc2c(c1)C=Cc1oc(C)nc1C2c1cn(Cc2cccc(C(=O)O)c2)c(=O)[nH]c1=O. The molecule has 176 valence electrons. The highest BCUT2D eigenvalue weighted by atomic mass is 16.4. The number of oxazole rings is 1. The van der Waals surface area contributed by atoms with Crippen LogP contribution in [0, 0.1) is 6.92 Å². The molecule has 2 N–H and O–H groups in total. The molecule has 1 aliphatic rings. The number of H-pyrrole nitrogens is 1. The molecule has 0 spiro atoms. The Hall–Kier alpha value is -4.46. The average Bonchev–Trinajstić information content (AvgIpc) is 3.14. The van der Waals surface area contributed by atoms with Gasteiger partial charge in [0.1, 0.15) is 0 Å². The van der Waals surface area contributed by atoms with E-state index >= 15 is 0 Å². The Balaban J connectivity index is 1.68. The zero-order valence-corrected chi connectivity index (χ0v) is 19.2. The number of rotatable bonds is 5. The van der Waals surface area contributed by atoms with Gasteiger partial charge in [-0.15, -0.1) is 0 Å². The Morgan fingerprint density at radius 2 is 1.94 bits per heavy atom. The monoisotopic (exact) mass is 469 g/mol. The van der Waals surface area contributed by atoms with Crippen LogP contribution in [-0.4, -0.2) is 25.6 Å². The number of nitrogens with one attached hydrogen (secondary N) is 1. The Morgan fingerprint density at radius 3 is 2.71 bits per heavy atom. The second-order valence-corrected chi connectivity index (χ2v) is 8.54. The van der Waals surface area contributed by atoms with Gasteiger partial charge in [0.2, 0.25) is 0 Å². The molecule has 1 atom stereocenters. The number of hydrogen-bond acceptors (Lipinski definition) is 5.